The third kappa shape index (κ3) is 4.23. The second-order valence-electron chi connectivity index (χ2n) is 9.10. The van der Waals surface area contributed by atoms with Gasteiger partial charge >= 0.3 is 6.18 Å². The SMILES string of the molecule is COc1ncnc(C2CC2)c1-c1ncc2n[nH]c(Cc3ccc(-c4nc(C(F)(F)F)cn4C)c(F)c3)c2n1. The van der Waals surface area contributed by atoms with E-state index in [2.05, 4.69) is 30.1 Å². The van der Waals surface area contributed by atoms with E-state index in [4.69, 9.17) is 9.72 Å². The molecule has 38 heavy (non-hydrogen) atoms. The summed E-state index contributed by atoms with van der Waals surface area (Å²) in [6.45, 7) is 0. The first-order chi connectivity index (χ1) is 18.2. The predicted molar refractivity (Wildman–Crippen MR) is 128 cm³/mol. The Morgan fingerprint density at radius 1 is 1.13 bits per heavy atom. The molecule has 1 aliphatic rings. The molecule has 1 saturated carbocycles. The maximum Gasteiger partial charge on any atom is 0.434 e. The maximum absolute atomic E-state index is 15.0. The van der Waals surface area contributed by atoms with Gasteiger partial charge in [-0.1, -0.05) is 6.07 Å². The molecule has 4 heterocycles. The monoisotopic (exact) mass is 524 g/mol. The summed E-state index contributed by atoms with van der Waals surface area (Å²) in [6, 6.07) is 4.32. The lowest BCUT2D eigenvalue weighted by Gasteiger charge is -2.10. The molecule has 1 aromatic carbocycles. The summed E-state index contributed by atoms with van der Waals surface area (Å²) in [5.41, 5.74) is 2.62. The summed E-state index contributed by atoms with van der Waals surface area (Å²) in [5.74, 6) is 0.279. The normalized spacial score (nSPS) is 13.8. The first kappa shape index (κ1) is 23.9. The van der Waals surface area contributed by atoms with Gasteiger partial charge in [-0.2, -0.15) is 18.3 Å². The fourth-order valence-electron chi connectivity index (χ4n) is 4.42. The van der Waals surface area contributed by atoms with Crippen molar-refractivity contribution in [1.29, 1.82) is 0 Å². The second-order valence-corrected chi connectivity index (χ2v) is 9.10. The van der Waals surface area contributed by atoms with Crippen LogP contribution in [0.25, 0.3) is 33.8 Å². The number of aromatic nitrogens is 8. The Kier molecular flexibility index (Phi) is 5.58. The van der Waals surface area contributed by atoms with Gasteiger partial charge in [0.15, 0.2) is 11.5 Å². The van der Waals surface area contributed by atoms with Gasteiger partial charge in [-0.15, -0.1) is 0 Å². The van der Waals surface area contributed by atoms with E-state index in [0.29, 0.717) is 45.5 Å². The molecule has 1 fully saturated rings. The van der Waals surface area contributed by atoms with Gasteiger partial charge in [0.05, 0.1) is 30.3 Å². The topological polar surface area (TPSA) is 107 Å². The Hall–Kier alpha value is -4.42. The Bertz CT molecular complexity index is 1670. The number of benzene rings is 1. The van der Waals surface area contributed by atoms with Crippen LogP contribution in [0.15, 0.2) is 36.9 Å². The molecule has 0 spiro atoms. The lowest BCUT2D eigenvalue weighted by molar-refractivity contribution is -0.140. The predicted octanol–water partition coefficient (Wildman–Crippen LogP) is 4.85. The lowest BCUT2D eigenvalue weighted by atomic mass is 10.1. The van der Waals surface area contributed by atoms with Gasteiger partial charge in [-0.3, -0.25) is 5.10 Å². The largest absolute Gasteiger partial charge is 0.480 e. The summed E-state index contributed by atoms with van der Waals surface area (Å²) in [5, 5.41) is 7.20. The van der Waals surface area contributed by atoms with E-state index in [0.717, 1.165) is 29.3 Å². The van der Waals surface area contributed by atoms with E-state index >= 15 is 4.39 Å². The van der Waals surface area contributed by atoms with Crippen LogP contribution in [0.2, 0.25) is 0 Å². The molecular weight excluding hydrogens is 504 g/mol. The van der Waals surface area contributed by atoms with Crippen LogP contribution in [0.3, 0.4) is 0 Å². The van der Waals surface area contributed by atoms with E-state index in [1.165, 1.54) is 32.6 Å². The molecule has 9 nitrogen and oxygen atoms in total. The minimum absolute atomic E-state index is 0.0328. The summed E-state index contributed by atoms with van der Waals surface area (Å²) in [6.07, 6.45) is 1.54. The standard InChI is InChI=1S/C25H20F4N8O/c1-37-10-18(25(27,28)29)33-23(37)14-6-3-12(7-15(14)26)8-16-21-17(36-35-16)9-30-22(34-21)19-20(13-4-5-13)31-11-32-24(19)38-2/h3,6-7,9-11,13H,4-5,8H2,1-2H3,(H,35,36). The number of hydrogen-bond donors (Lipinski definition) is 1. The molecule has 0 aliphatic heterocycles. The van der Waals surface area contributed by atoms with Crippen LogP contribution < -0.4 is 4.74 Å². The number of halogens is 4. The zero-order valence-electron chi connectivity index (χ0n) is 20.2. The summed E-state index contributed by atoms with van der Waals surface area (Å²) in [4.78, 5) is 21.4. The second kappa shape index (κ2) is 8.85. The van der Waals surface area contributed by atoms with E-state index in [1.54, 1.807) is 12.3 Å². The summed E-state index contributed by atoms with van der Waals surface area (Å²) >= 11 is 0. The van der Waals surface area contributed by atoms with Crippen molar-refractivity contribution in [3.63, 3.8) is 0 Å². The molecular formula is C25H20F4N8O. The summed E-state index contributed by atoms with van der Waals surface area (Å²) < 4.78 is 60.8. The third-order valence-corrected chi connectivity index (χ3v) is 6.41. The van der Waals surface area contributed by atoms with Crippen LogP contribution >= 0.6 is 0 Å². The number of nitrogens with one attached hydrogen (secondary N) is 1. The molecule has 5 aromatic rings. The zero-order valence-corrected chi connectivity index (χ0v) is 20.2. The van der Waals surface area contributed by atoms with E-state index in [1.807, 2.05) is 0 Å². The summed E-state index contributed by atoms with van der Waals surface area (Å²) in [7, 11) is 2.91. The first-order valence-corrected chi connectivity index (χ1v) is 11.7. The molecule has 0 unspecified atom stereocenters. The van der Waals surface area contributed by atoms with Gasteiger partial charge < -0.3 is 9.30 Å². The van der Waals surface area contributed by atoms with Crippen molar-refractivity contribution in [2.75, 3.05) is 7.11 Å². The van der Waals surface area contributed by atoms with Crippen LogP contribution in [0.5, 0.6) is 5.88 Å². The molecule has 0 radical (unpaired) electrons. The van der Waals surface area contributed by atoms with Gasteiger partial charge in [-0.05, 0) is 30.5 Å². The smallest absolute Gasteiger partial charge is 0.434 e. The fraction of sp³-hybridized carbons (Fsp3) is 0.280. The van der Waals surface area contributed by atoms with Crippen LogP contribution in [0.4, 0.5) is 17.6 Å². The van der Waals surface area contributed by atoms with E-state index in [9.17, 15) is 13.2 Å². The molecule has 0 saturated heterocycles. The average molecular weight is 524 g/mol. The zero-order chi connectivity index (χ0) is 26.6. The third-order valence-electron chi connectivity index (χ3n) is 6.41. The number of aryl methyl sites for hydroxylation is 1. The fourth-order valence-corrected chi connectivity index (χ4v) is 4.42. The number of hydrogen-bond acceptors (Lipinski definition) is 7. The quantitative estimate of drug-likeness (QED) is 0.317. The van der Waals surface area contributed by atoms with Gasteiger partial charge in [0.2, 0.25) is 5.88 Å². The molecule has 194 valence electrons. The number of aromatic amines is 1. The number of imidazole rings is 1. The molecule has 13 heteroatoms. The van der Waals surface area contributed by atoms with Crippen molar-refractivity contribution in [3.8, 4) is 28.7 Å². The van der Waals surface area contributed by atoms with Crippen LogP contribution in [-0.4, -0.2) is 46.8 Å². The highest BCUT2D eigenvalue weighted by molar-refractivity contribution is 5.79. The van der Waals surface area contributed by atoms with Crippen molar-refractivity contribution in [2.45, 2.75) is 31.4 Å². The number of methoxy groups -OCH3 is 1. The number of H-pyrrole nitrogens is 1. The number of alkyl halides is 3. The molecule has 0 atom stereocenters. The van der Waals surface area contributed by atoms with Crippen molar-refractivity contribution in [1.82, 2.24) is 39.7 Å². The maximum atomic E-state index is 15.0. The van der Waals surface area contributed by atoms with Gasteiger partial charge in [0.25, 0.3) is 0 Å². The van der Waals surface area contributed by atoms with E-state index in [-0.39, 0.29) is 17.8 Å². The Labute approximate surface area is 213 Å². The Morgan fingerprint density at radius 3 is 2.63 bits per heavy atom. The van der Waals surface area contributed by atoms with Gasteiger partial charge in [0.1, 0.15) is 34.6 Å². The van der Waals surface area contributed by atoms with Gasteiger partial charge in [0, 0.05) is 25.6 Å². The molecule has 6 rings (SSSR count). The molecule has 0 amide bonds. The number of rotatable bonds is 6. The minimum Gasteiger partial charge on any atom is -0.480 e. The molecule has 4 aromatic heterocycles. The lowest BCUT2D eigenvalue weighted by Crippen LogP contribution is -2.05. The van der Waals surface area contributed by atoms with Crippen molar-refractivity contribution in [2.24, 2.45) is 7.05 Å². The number of ether oxygens (including phenoxy) is 1. The van der Waals surface area contributed by atoms with Crippen molar-refractivity contribution < 1.29 is 22.3 Å². The van der Waals surface area contributed by atoms with Crippen LogP contribution in [-0.2, 0) is 19.6 Å². The first-order valence-electron chi connectivity index (χ1n) is 11.7. The highest BCUT2D eigenvalue weighted by Gasteiger charge is 2.35. The highest BCUT2D eigenvalue weighted by atomic mass is 19.4. The number of nitrogens with zero attached hydrogens (tertiary/aromatic N) is 7. The molecule has 1 aliphatic carbocycles. The van der Waals surface area contributed by atoms with E-state index < -0.39 is 17.7 Å². The average Bonchev–Trinajstić information content (AvgIpc) is 3.56. The van der Waals surface area contributed by atoms with Crippen LogP contribution in [0.1, 0.15) is 41.4 Å². The molecule has 0 bridgehead atoms. The van der Waals surface area contributed by atoms with Crippen LogP contribution in [0, 0.1) is 5.82 Å². The Balaban J connectivity index is 1.34. The molecule has 1 N–H and O–H groups in total. The minimum atomic E-state index is -4.62. The Morgan fingerprint density at radius 2 is 1.95 bits per heavy atom. The van der Waals surface area contributed by atoms with Crippen molar-refractivity contribution in [3.05, 3.63) is 65.4 Å². The highest BCUT2D eigenvalue weighted by Crippen LogP contribution is 2.45. The van der Waals surface area contributed by atoms with Crippen molar-refractivity contribution >= 4 is 11.0 Å². The van der Waals surface area contributed by atoms with Gasteiger partial charge in [-0.25, -0.2) is 29.3 Å². The number of fused-ring (bicyclic) bond motifs is 1.